The van der Waals surface area contributed by atoms with Crippen LogP contribution in [0.25, 0.3) is 21.1 Å². The van der Waals surface area contributed by atoms with Crippen LogP contribution in [0.1, 0.15) is 22.3 Å². The molecule has 80 valence electrons. The van der Waals surface area contributed by atoms with Crippen LogP contribution < -0.4 is 0 Å². The van der Waals surface area contributed by atoms with E-state index >= 15 is 0 Å². The summed E-state index contributed by atoms with van der Waals surface area (Å²) in [6.45, 7) is 3.57. The lowest BCUT2D eigenvalue weighted by atomic mass is 10.1. The minimum absolute atomic E-state index is 0.0811. The Morgan fingerprint density at radius 3 is 3.00 bits per heavy atom. The minimum atomic E-state index is 0.0811. The average Bonchev–Trinajstić information content (AvgIpc) is 2.74. The van der Waals surface area contributed by atoms with Gasteiger partial charge >= 0.3 is 0 Å². The second kappa shape index (κ2) is 3.15. The highest BCUT2D eigenvalue weighted by atomic mass is 32.1. The summed E-state index contributed by atoms with van der Waals surface area (Å²) < 4.78 is 1.15. The number of aryl methyl sites for hydroxylation is 1. The Morgan fingerprint density at radius 2 is 2.25 bits per heavy atom. The van der Waals surface area contributed by atoms with Crippen LogP contribution in [0.3, 0.4) is 0 Å². The molecule has 0 aliphatic rings. The van der Waals surface area contributed by atoms with E-state index in [2.05, 4.69) is 16.0 Å². The van der Waals surface area contributed by atoms with Crippen LogP contribution in [0.15, 0.2) is 18.3 Å². The van der Waals surface area contributed by atoms with Gasteiger partial charge in [-0.05, 0) is 26.0 Å². The molecule has 2 aromatic heterocycles. The zero-order chi connectivity index (χ0) is 11.3. The topological polar surface area (TPSA) is 45.8 Å². The number of carbonyl (C=O) groups is 1. The first-order valence-corrected chi connectivity index (χ1v) is 5.86. The Balaban J connectivity index is 2.43. The quantitative estimate of drug-likeness (QED) is 0.652. The molecular formula is C12H10N2OS. The molecule has 1 N–H and O–H groups in total. The molecule has 0 fully saturated rings. The van der Waals surface area contributed by atoms with Crippen molar-refractivity contribution in [3.8, 4) is 0 Å². The highest BCUT2D eigenvalue weighted by Gasteiger charge is 2.10. The minimum Gasteiger partial charge on any atom is -0.360 e. The highest BCUT2D eigenvalue weighted by Crippen LogP contribution is 2.28. The fraction of sp³-hybridized carbons (Fsp3) is 0.167. The number of rotatable bonds is 1. The molecular weight excluding hydrogens is 220 g/mol. The number of ketones is 1. The van der Waals surface area contributed by atoms with Gasteiger partial charge in [0, 0.05) is 22.7 Å². The van der Waals surface area contributed by atoms with Gasteiger partial charge in [-0.3, -0.25) is 4.79 Å². The maximum atomic E-state index is 11.4. The molecule has 0 aliphatic carbocycles. The summed E-state index contributed by atoms with van der Waals surface area (Å²) in [7, 11) is 0. The molecule has 0 radical (unpaired) electrons. The van der Waals surface area contributed by atoms with Crippen LogP contribution in [-0.2, 0) is 0 Å². The molecule has 0 spiro atoms. The van der Waals surface area contributed by atoms with Gasteiger partial charge in [-0.1, -0.05) is 0 Å². The van der Waals surface area contributed by atoms with Gasteiger partial charge in [-0.2, -0.15) is 0 Å². The van der Waals surface area contributed by atoms with Gasteiger partial charge in [0.1, 0.15) is 0 Å². The molecule has 1 aromatic carbocycles. The van der Waals surface area contributed by atoms with Gasteiger partial charge in [0.25, 0.3) is 0 Å². The van der Waals surface area contributed by atoms with Crippen molar-refractivity contribution in [3.63, 3.8) is 0 Å². The largest absolute Gasteiger partial charge is 0.360 e. The molecule has 3 nitrogen and oxygen atoms in total. The molecule has 0 atom stereocenters. The Morgan fingerprint density at radius 1 is 1.44 bits per heavy atom. The van der Waals surface area contributed by atoms with E-state index < -0.39 is 0 Å². The van der Waals surface area contributed by atoms with Crippen molar-refractivity contribution in [1.82, 2.24) is 9.97 Å². The molecule has 0 bridgehead atoms. The summed E-state index contributed by atoms with van der Waals surface area (Å²) in [5.41, 5.74) is 2.71. The van der Waals surface area contributed by atoms with E-state index in [9.17, 15) is 4.79 Å². The SMILES string of the molecule is CC(=O)c1c[nH]c2cc3sc(C)nc3cc12. The van der Waals surface area contributed by atoms with Crippen molar-refractivity contribution in [3.05, 3.63) is 28.9 Å². The first-order valence-electron chi connectivity index (χ1n) is 5.04. The number of benzene rings is 1. The molecule has 0 aliphatic heterocycles. The summed E-state index contributed by atoms with van der Waals surface area (Å²) in [5.74, 6) is 0.0811. The number of carbonyl (C=O) groups excluding carboxylic acids is 1. The van der Waals surface area contributed by atoms with E-state index in [0.29, 0.717) is 0 Å². The first kappa shape index (κ1) is 9.54. The second-order valence-corrected chi connectivity index (χ2v) is 5.09. The normalized spacial score (nSPS) is 11.4. The highest BCUT2D eigenvalue weighted by molar-refractivity contribution is 7.18. The van der Waals surface area contributed by atoms with Crippen LogP contribution >= 0.6 is 11.3 Å². The number of Topliss-reactive ketones (excluding diaryl/α,β-unsaturated/α-hetero) is 1. The third kappa shape index (κ3) is 1.27. The lowest BCUT2D eigenvalue weighted by Crippen LogP contribution is -1.88. The lowest BCUT2D eigenvalue weighted by molar-refractivity contribution is 0.101. The van der Waals surface area contributed by atoms with Crippen molar-refractivity contribution >= 4 is 38.2 Å². The number of nitrogens with one attached hydrogen (secondary N) is 1. The van der Waals surface area contributed by atoms with Gasteiger partial charge in [0.15, 0.2) is 5.78 Å². The maximum Gasteiger partial charge on any atom is 0.161 e. The molecule has 2 heterocycles. The Bertz CT molecular complexity index is 708. The summed E-state index contributed by atoms with van der Waals surface area (Å²) >= 11 is 1.67. The zero-order valence-corrected chi connectivity index (χ0v) is 9.81. The van der Waals surface area contributed by atoms with Crippen LogP contribution in [0.5, 0.6) is 0 Å². The zero-order valence-electron chi connectivity index (χ0n) is 9.00. The summed E-state index contributed by atoms with van der Waals surface area (Å²) in [6.07, 6.45) is 1.77. The van der Waals surface area contributed by atoms with Crippen molar-refractivity contribution in [1.29, 1.82) is 0 Å². The van der Waals surface area contributed by atoms with Crippen LogP contribution in [-0.4, -0.2) is 15.8 Å². The third-order valence-electron chi connectivity index (χ3n) is 2.68. The van der Waals surface area contributed by atoms with Crippen molar-refractivity contribution in [2.75, 3.05) is 0 Å². The molecule has 0 amide bonds. The van der Waals surface area contributed by atoms with E-state index in [0.717, 1.165) is 31.7 Å². The predicted octanol–water partition coefficient (Wildman–Crippen LogP) is 3.29. The summed E-state index contributed by atoms with van der Waals surface area (Å²) in [5, 5.41) is 2.01. The monoisotopic (exact) mass is 230 g/mol. The number of hydrogen-bond acceptors (Lipinski definition) is 3. The number of H-pyrrole nitrogens is 1. The number of thiazole rings is 1. The maximum absolute atomic E-state index is 11.4. The molecule has 16 heavy (non-hydrogen) atoms. The predicted molar refractivity (Wildman–Crippen MR) is 66.2 cm³/mol. The van der Waals surface area contributed by atoms with Gasteiger partial charge in [0.05, 0.1) is 15.2 Å². The van der Waals surface area contributed by atoms with Gasteiger partial charge in [-0.25, -0.2) is 4.98 Å². The van der Waals surface area contributed by atoms with Crippen molar-refractivity contribution in [2.24, 2.45) is 0 Å². The molecule has 3 rings (SSSR count). The lowest BCUT2D eigenvalue weighted by Gasteiger charge is -1.93. The fourth-order valence-corrected chi connectivity index (χ4v) is 2.80. The van der Waals surface area contributed by atoms with Crippen molar-refractivity contribution in [2.45, 2.75) is 13.8 Å². The van der Waals surface area contributed by atoms with E-state index in [-0.39, 0.29) is 5.78 Å². The Labute approximate surface area is 96.1 Å². The van der Waals surface area contributed by atoms with Gasteiger partial charge in [0.2, 0.25) is 0 Å². The number of fused-ring (bicyclic) bond motifs is 2. The number of nitrogens with zero attached hydrogens (tertiary/aromatic N) is 1. The second-order valence-electron chi connectivity index (χ2n) is 3.86. The standard InChI is InChI=1S/C12H10N2OS/c1-6(15)9-5-13-10-4-12-11(3-8(9)10)14-7(2)16-12/h3-5,13H,1-2H3. The van der Waals surface area contributed by atoms with E-state index in [1.807, 2.05) is 13.0 Å². The molecule has 0 unspecified atom stereocenters. The Kier molecular flexibility index (Phi) is 1.88. The van der Waals surface area contributed by atoms with Gasteiger partial charge in [-0.15, -0.1) is 11.3 Å². The van der Waals surface area contributed by atoms with E-state index in [4.69, 9.17) is 0 Å². The molecule has 4 heteroatoms. The van der Waals surface area contributed by atoms with Crippen LogP contribution in [0.2, 0.25) is 0 Å². The molecule has 0 saturated heterocycles. The van der Waals surface area contributed by atoms with Crippen LogP contribution in [0, 0.1) is 6.92 Å². The summed E-state index contributed by atoms with van der Waals surface area (Å²) in [4.78, 5) is 19.0. The van der Waals surface area contributed by atoms with Crippen molar-refractivity contribution < 1.29 is 4.79 Å². The van der Waals surface area contributed by atoms with E-state index in [1.165, 1.54) is 0 Å². The molecule has 3 aromatic rings. The number of aromatic nitrogens is 2. The number of aromatic amines is 1. The van der Waals surface area contributed by atoms with Crippen LogP contribution in [0.4, 0.5) is 0 Å². The smallest absolute Gasteiger partial charge is 0.161 e. The Hall–Kier alpha value is -1.68. The average molecular weight is 230 g/mol. The molecule has 0 saturated carbocycles. The van der Waals surface area contributed by atoms with Gasteiger partial charge < -0.3 is 4.98 Å². The fourth-order valence-electron chi connectivity index (χ4n) is 1.95. The first-order chi connectivity index (χ1) is 7.65. The van der Waals surface area contributed by atoms with E-state index in [1.54, 1.807) is 24.5 Å². The third-order valence-corrected chi connectivity index (χ3v) is 3.61. The summed E-state index contributed by atoms with van der Waals surface area (Å²) in [6, 6.07) is 4.04. The number of hydrogen-bond donors (Lipinski definition) is 1.